The summed E-state index contributed by atoms with van der Waals surface area (Å²) in [4.78, 5) is 2.43. The monoisotopic (exact) mass is 290 g/mol. The van der Waals surface area contributed by atoms with Crippen LogP contribution in [-0.4, -0.2) is 18.6 Å². The Labute approximate surface area is 127 Å². The van der Waals surface area contributed by atoms with Crippen LogP contribution >= 0.6 is 0 Å². The molecule has 2 fully saturated rings. The Kier molecular flexibility index (Phi) is 4.21. The Morgan fingerprint density at radius 3 is 2.48 bits per heavy atom. The molecule has 0 bridgehead atoms. The van der Waals surface area contributed by atoms with E-state index >= 15 is 0 Å². The van der Waals surface area contributed by atoms with E-state index in [4.69, 9.17) is 5.73 Å². The van der Waals surface area contributed by atoms with Crippen LogP contribution in [-0.2, 0) is 0 Å². The molecule has 116 valence electrons. The zero-order chi connectivity index (χ0) is 14.9. The van der Waals surface area contributed by atoms with Gasteiger partial charge in [-0.1, -0.05) is 12.8 Å². The number of benzene rings is 1. The van der Waals surface area contributed by atoms with Gasteiger partial charge in [0.1, 0.15) is 5.82 Å². The summed E-state index contributed by atoms with van der Waals surface area (Å²) >= 11 is 0. The van der Waals surface area contributed by atoms with Gasteiger partial charge in [-0.05, 0) is 68.7 Å². The third-order valence-corrected chi connectivity index (χ3v) is 5.55. The zero-order valence-electron chi connectivity index (χ0n) is 13.0. The summed E-state index contributed by atoms with van der Waals surface area (Å²) in [5, 5.41) is 0. The molecule has 2 nitrogen and oxygen atoms in total. The highest BCUT2D eigenvalue weighted by molar-refractivity contribution is 5.49. The molecule has 0 amide bonds. The Bertz CT molecular complexity index is 469. The number of likely N-dealkylation sites (N-methyl/N-ethyl adjacent to an activating group) is 1. The molecule has 0 aromatic heterocycles. The summed E-state index contributed by atoms with van der Waals surface area (Å²) in [6.07, 6.45) is 7.84. The lowest BCUT2D eigenvalue weighted by molar-refractivity contribution is 0.200. The molecule has 2 saturated carbocycles. The van der Waals surface area contributed by atoms with Gasteiger partial charge in [0.25, 0.3) is 0 Å². The molecule has 21 heavy (non-hydrogen) atoms. The lowest BCUT2D eigenvalue weighted by Gasteiger charge is -2.49. The molecule has 2 aliphatic carbocycles. The van der Waals surface area contributed by atoms with Crippen molar-refractivity contribution < 1.29 is 4.39 Å². The van der Waals surface area contributed by atoms with E-state index in [1.165, 1.54) is 32.1 Å². The molecular weight excluding hydrogens is 263 g/mol. The minimum Gasteiger partial charge on any atom is -0.365 e. The zero-order valence-corrected chi connectivity index (χ0v) is 13.0. The number of hydrogen-bond donors (Lipinski definition) is 1. The average Bonchev–Trinajstić information content (AvgIpc) is 3.35. The van der Waals surface area contributed by atoms with Gasteiger partial charge < -0.3 is 10.6 Å². The summed E-state index contributed by atoms with van der Waals surface area (Å²) in [6.45, 7) is 3.81. The number of nitrogens with two attached hydrogens (primary N) is 1. The van der Waals surface area contributed by atoms with Crippen LogP contribution in [0.15, 0.2) is 24.3 Å². The minimum atomic E-state index is -0.170. The third kappa shape index (κ3) is 2.94. The second-order valence-corrected chi connectivity index (χ2v) is 6.84. The number of halogens is 1. The van der Waals surface area contributed by atoms with Gasteiger partial charge >= 0.3 is 0 Å². The summed E-state index contributed by atoms with van der Waals surface area (Å²) in [7, 11) is 0. The van der Waals surface area contributed by atoms with Crippen LogP contribution in [0.3, 0.4) is 0 Å². The first-order chi connectivity index (χ1) is 10.2. The molecule has 0 heterocycles. The quantitative estimate of drug-likeness (QED) is 0.889. The number of rotatable bonds is 5. The molecule has 3 rings (SSSR count). The van der Waals surface area contributed by atoms with Crippen LogP contribution in [0.2, 0.25) is 0 Å². The van der Waals surface area contributed by atoms with Crippen molar-refractivity contribution in [3.05, 3.63) is 30.1 Å². The van der Waals surface area contributed by atoms with Crippen LogP contribution < -0.4 is 10.6 Å². The third-order valence-electron chi connectivity index (χ3n) is 5.55. The molecule has 2 atom stereocenters. The van der Waals surface area contributed by atoms with Crippen LogP contribution in [0.25, 0.3) is 0 Å². The first-order valence-corrected chi connectivity index (χ1v) is 8.42. The molecule has 1 aromatic carbocycles. The second kappa shape index (κ2) is 5.96. The van der Waals surface area contributed by atoms with Gasteiger partial charge in [-0.2, -0.15) is 0 Å². The molecule has 2 aliphatic rings. The Morgan fingerprint density at radius 1 is 1.19 bits per heavy atom. The molecule has 2 N–H and O–H groups in total. The largest absolute Gasteiger partial charge is 0.365 e. The maximum absolute atomic E-state index is 13.2. The van der Waals surface area contributed by atoms with Crippen molar-refractivity contribution in [2.24, 2.45) is 17.6 Å². The maximum atomic E-state index is 13.2. The van der Waals surface area contributed by atoms with Crippen molar-refractivity contribution in [3.63, 3.8) is 0 Å². The van der Waals surface area contributed by atoms with Crippen molar-refractivity contribution >= 4 is 5.69 Å². The van der Waals surface area contributed by atoms with E-state index in [2.05, 4.69) is 11.8 Å². The Balaban J connectivity index is 1.85. The lowest BCUT2D eigenvalue weighted by atomic mass is 9.72. The van der Waals surface area contributed by atoms with Gasteiger partial charge in [0.2, 0.25) is 0 Å². The van der Waals surface area contributed by atoms with E-state index < -0.39 is 0 Å². The molecule has 0 radical (unpaired) electrons. The number of hydrogen-bond acceptors (Lipinski definition) is 2. The van der Waals surface area contributed by atoms with E-state index in [1.807, 2.05) is 12.1 Å². The first kappa shape index (κ1) is 14.8. The average molecular weight is 290 g/mol. The van der Waals surface area contributed by atoms with Gasteiger partial charge in [-0.3, -0.25) is 0 Å². The fraction of sp³-hybridized carbons (Fsp3) is 0.667. The summed E-state index contributed by atoms with van der Waals surface area (Å²) in [5.74, 6) is 1.62. The van der Waals surface area contributed by atoms with Crippen LogP contribution in [0.1, 0.15) is 45.4 Å². The molecule has 0 aliphatic heterocycles. The van der Waals surface area contributed by atoms with E-state index in [0.29, 0.717) is 6.54 Å². The highest BCUT2D eigenvalue weighted by Gasteiger charge is 2.44. The smallest absolute Gasteiger partial charge is 0.123 e. The van der Waals surface area contributed by atoms with E-state index in [9.17, 15) is 4.39 Å². The highest BCUT2D eigenvalue weighted by Crippen LogP contribution is 2.48. The predicted molar refractivity (Wildman–Crippen MR) is 85.9 cm³/mol. The fourth-order valence-corrected chi connectivity index (χ4v) is 4.31. The Hall–Kier alpha value is -1.09. The van der Waals surface area contributed by atoms with E-state index in [-0.39, 0.29) is 11.4 Å². The fourth-order valence-electron chi connectivity index (χ4n) is 4.31. The molecule has 0 saturated heterocycles. The summed E-state index contributed by atoms with van der Waals surface area (Å²) in [6, 6.07) is 6.92. The van der Waals surface area contributed by atoms with Gasteiger partial charge in [-0.15, -0.1) is 0 Å². The van der Waals surface area contributed by atoms with Gasteiger partial charge in [0.05, 0.1) is 5.54 Å². The standard InChI is InChI=1S/C18H27FN2/c1-2-21(17-9-7-16(19)8-10-17)18(13-20)11-3-4-15(12-18)14-5-6-14/h7-10,14-15H,2-6,11-13,20H2,1H3. The first-order valence-electron chi connectivity index (χ1n) is 8.42. The van der Waals surface area contributed by atoms with Gasteiger partial charge in [0.15, 0.2) is 0 Å². The van der Waals surface area contributed by atoms with Crippen molar-refractivity contribution in [3.8, 4) is 0 Å². The highest BCUT2D eigenvalue weighted by atomic mass is 19.1. The minimum absolute atomic E-state index is 0.0675. The van der Waals surface area contributed by atoms with Crippen LogP contribution in [0.4, 0.5) is 10.1 Å². The maximum Gasteiger partial charge on any atom is 0.123 e. The SMILES string of the molecule is CCN(c1ccc(F)cc1)C1(CN)CCCC(C2CC2)C1. The van der Waals surface area contributed by atoms with E-state index in [0.717, 1.165) is 30.5 Å². The topological polar surface area (TPSA) is 29.3 Å². The molecule has 1 aromatic rings. The second-order valence-electron chi connectivity index (χ2n) is 6.84. The molecule has 2 unspecified atom stereocenters. The summed E-state index contributed by atoms with van der Waals surface area (Å²) in [5.41, 5.74) is 7.43. The van der Waals surface area contributed by atoms with Crippen molar-refractivity contribution in [1.29, 1.82) is 0 Å². The van der Waals surface area contributed by atoms with Crippen molar-refractivity contribution in [2.75, 3.05) is 18.0 Å². The molecule has 3 heteroatoms. The van der Waals surface area contributed by atoms with Crippen LogP contribution in [0.5, 0.6) is 0 Å². The summed E-state index contributed by atoms with van der Waals surface area (Å²) < 4.78 is 13.2. The number of nitrogens with zero attached hydrogens (tertiary/aromatic N) is 1. The molecule has 0 spiro atoms. The van der Waals surface area contributed by atoms with Crippen molar-refractivity contribution in [1.82, 2.24) is 0 Å². The predicted octanol–water partition coefficient (Wildman–Crippen LogP) is 3.95. The van der Waals surface area contributed by atoms with E-state index in [1.54, 1.807) is 12.1 Å². The van der Waals surface area contributed by atoms with Gasteiger partial charge in [0, 0.05) is 18.8 Å². The Morgan fingerprint density at radius 2 is 1.90 bits per heavy atom. The van der Waals surface area contributed by atoms with Gasteiger partial charge in [-0.25, -0.2) is 4.39 Å². The number of anilines is 1. The van der Waals surface area contributed by atoms with Crippen LogP contribution in [0, 0.1) is 17.7 Å². The lowest BCUT2D eigenvalue weighted by Crippen LogP contribution is -2.57. The van der Waals surface area contributed by atoms with Crippen molar-refractivity contribution in [2.45, 2.75) is 51.0 Å². The molecular formula is C18H27FN2. The normalized spacial score (nSPS) is 29.4.